The van der Waals surface area contributed by atoms with Crippen LogP contribution in [0, 0.1) is 24.2 Å². The largest absolute Gasteiger partial charge is 0.466 e. The number of thioether (sulfide) groups is 1. The van der Waals surface area contributed by atoms with E-state index in [0.29, 0.717) is 78.4 Å². The van der Waals surface area contributed by atoms with Crippen molar-refractivity contribution in [2.45, 2.75) is 71.9 Å². The molecule has 4 heterocycles. The van der Waals surface area contributed by atoms with E-state index in [4.69, 9.17) is 21.7 Å². The van der Waals surface area contributed by atoms with Crippen LogP contribution in [0.3, 0.4) is 0 Å². The highest BCUT2D eigenvalue weighted by Crippen LogP contribution is 2.37. The van der Waals surface area contributed by atoms with Crippen LogP contribution in [0.5, 0.6) is 0 Å². The van der Waals surface area contributed by atoms with Gasteiger partial charge in [0.05, 0.1) is 30.1 Å². The molecule has 1 amide bonds. The van der Waals surface area contributed by atoms with Gasteiger partial charge in [-0.1, -0.05) is 37.3 Å². The van der Waals surface area contributed by atoms with E-state index in [0.717, 1.165) is 25.7 Å². The van der Waals surface area contributed by atoms with Crippen LogP contribution in [0.1, 0.15) is 69.1 Å². The SMILES string of the molecule is CCCCn1c(N2CCC(C(=O)OCC)CC2)c(/C=C2/SC(=S)N(CC3CCCO3)C2=O)c(C)c(C#N)c1=O. The predicted octanol–water partition coefficient (Wildman–Crippen LogP) is 3.99. The minimum Gasteiger partial charge on any atom is -0.466 e. The van der Waals surface area contributed by atoms with Gasteiger partial charge in [-0.3, -0.25) is 23.9 Å². The molecule has 0 aliphatic carbocycles. The minimum atomic E-state index is -0.325. The van der Waals surface area contributed by atoms with E-state index in [-0.39, 0.29) is 35.0 Å². The van der Waals surface area contributed by atoms with Gasteiger partial charge in [0.25, 0.3) is 11.5 Å². The number of nitriles is 1. The highest BCUT2D eigenvalue weighted by atomic mass is 32.2. The number of esters is 1. The lowest BCUT2D eigenvalue weighted by molar-refractivity contribution is -0.148. The van der Waals surface area contributed by atoms with Gasteiger partial charge in [0.1, 0.15) is 21.8 Å². The Morgan fingerprint density at radius 3 is 2.62 bits per heavy atom. The second-order valence-corrected chi connectivity index (χ2v) is 11.8. The lowest BCUT2D eigenvalue weighted by atomic mass is 9.95. The maximum atomic E-state index is 13.5. The third kappa shape index (κ3) is 6.23. The maximum Gasteiger partial charge on any atom is 0.309 e. The average Bonchev–Trinajstić information content (AvgIpc) is 3.54. The smallest absolute Gasteiger partial charge is 0.309 e. The first-order valence-electron chi connectivity index (χ1n) is 13.8. The molecule has 3 saturated heterocycles. The molecule has 3 fully saturated rings. The van der Waals surface area contributed by atoms with Gasteiger partial charge in [0.15, 0.2) is 0 Å². The normalized spacial score (nSPS) is 21.2. The van der Waals surface area contributed by atoms with Crippen LogP contribution < -0.4 is 10.5 Å². The second kappa shape index (κ2) is 13.1. The molecule has 1 atom stereocenters. The van der Waals surface area contributed by atoms with Crippen LogP contribution in [0.2, 0.25) is 0 Å². The molecule has 210 valence electrons. The molecule has 4 rings (SSSR count). The molecule has 0 bridgehead atoms. The summed E-state index contributed by atoms with van der Waals surface area (Å²) in [6, 6.07) is 2.10. The number of nitrogens with zero attached hydrogens (tertiary/aromatic N) is 4. The first-order chi connectivity index (χ1) is 18.8. The number of carbonyl (C=O) groups is 2. The standard InChI is InChI=1S/C28H36N4O5S2/c1-4-6-11-31-24(30-12-9-19(10-13-30)27(35)36-5-2)21(18(3)22(16-29)25(31)33)15-23-26(34)32(28(38)39-23)17-20-8-7-14-37-20/h15,19-20H,4-14,17H2,1-3H3/b23-15+. The summed E-state index contributed by atoms with van der Waals surface area (Å²) in [5.74, 6) is 0.133. The summed E-state index contributed by atoms with van der Waals surface area (Å²) in [5, 5.41) is 9.91. The zero-order valence-electron chi connectivity index (χ0n) is 22.9. The van der Waals surface area contributed by atoms with Crippen LogP contribution in [-0.4, -0.2) is 64.6 Å². The molecule has 39 heavy (non-hydrogen) atoms. The maximum absolute atomic E-state index is 13.5. The van der Waals surface area contributed by atoms with E-state index in [1.54, 1.807) is 29.4 Å². The van der Waals surface area contributed by atoms with Gasteiger partial charge in [-0.05, 0) is 57.6 Å². The average molecular weight is 573 g/mol. The molecule has 0 aromatic carbocycles. The van der Waals surface area contributed by atoms with Gasteiger partial charge >= 0.3 is 5.97 Å². The molecule has 0 N–H and O–H groups in total. The van der Waals surface area contributed by atoms with Crippen LogP contribution >= 0.6 is 24.0 Å². The van der Waals surface area contributed by atoms with Gasteiger partial charge < -0.3 is 14.4 Å². The summed E-state index contributed by atoms with van der Waals surface area (Å²) in [4.78, 5) is 43.5. The highest BCUT2D eigenvalue weighted by Gasteiger charge is 2.36. The predicted molar refractivity (Wildman–Crippen MR) is 155 cm³/mol. The molecule has 0 saturated carbocycles. The van der Waals surface area contributed by atoms with E-state index in [1.807, 2.05) is 0 Å². The van der Waals surface area contributed by atoms with Crippen molar-refractivity contribution >= 4 is 52.1 Å². The van der Waals surface area contributed by atoms with Crippen molar-refractivity contribution in [3.63, 3.8) is 0 Å². The molecule has 1 aromatic heterocycles. The number of amides is 1. The highest BCUT2D eigenvalue weighted by molar-refractivity contribution is 8.26. The number of piperidine rings is 1. The van der Waals surface area contributed by atoms with Crippen molar-refractivity contribution in [2.24, 2.45) is 5.92 Å². The summed E-state index contributed by atoms with van der Waals surface area (Å²) in [6.07, 6.45) is 6.49. The number of rotatable bonds is 9. The summed E-state index contributed by atoms with van der Waals surface area (Å²) < 4.78 is 13.1. The lowest BCUT2D eigenvalue weighted by Gasteiger charge is -2.35. The fourth-order valence-electron chi connectivity index (χ4n) is 5.38. The van der Waals surface area contributed by atoms with Crippen molar-refractivity contribution in [3.8, 4) is 6.07 Å². The summed E-state index contributed by atoms with van der Waals surface area (Å²) in [6.45, 7) is 8.65. The number of carbonyl (C=O) groups excluding carboxylic acids is 2. The zero-order valence-corrected chi connectivity index (χ0v) is 24.5. The Balaban J connectivity index is 1.75. The Kier molecular flexibility index (Phi) is 9.86. The van der Waals surface area contributed by atoms with Gasteiger partial charge in [-0.25, -0.2) is 0 Å². The number of ether oxygens (including phenoxy) is 2. The van der Waals surface area contributed by atoms with E-state index < -0.39 is 0 Å². The molecule has 9 nitrogen and oxygen atoms in total. The Morgan fingerprint density at radius 2 is 2.00 bits per heavy atom. The zero-order chi connectivity index (χ0) is 28.1. The summed E-state index contributed by atoms with van der Waals surface area (Å²) in [5.41, 5.74) is 0.975. The first-order valence-corrected chi connectivity index (χ1v) is 15.0. The molecule has 3 aliphatic heterocycles. The van der Waals surface area contributed by atoms with Gasteiger partial charge in [-0.2, -0.15) is 5.26 Å². The molecule has 0 spiro atoms. The third-order valence-electron chi connectivity index (χ3n) is 7.56. The summed E-state index contributed by atoms with van der Waals surface area (Å²) in [7, 11) is 0. The minimum absolute atomic E-state index is 0.0222. The number of aromatic nitrogens is 1. The number of pyridine rings is 1. The second-order valence-electron chi connectivity index (χ2n) is 10.1. The Hall–Kier alpha value is -2.68. The van der Waals surface area contributed by atoms with Crippen molar-refractivity contribution in [1.29, 1.82) is 5.26 Å². The van der Waals surface area contributed by atoms with E-state index >= 15 is 0 Å². The number of hydrogen-bond acceptors (Lipinski definition) is 9. The molecule has 11 heteroatoms. The number of anilines is 1. The van der Waals surface area contributed by atoms with Crippen LogP contribution in [0.15, 0.2) is 9.70 Å². The quantitative estimate of drug-likeness (QED) is 0.247. The molecule has 1 aromatic rings. The fourth-order valence-corrected chi connectivity index (χ4v) is 6.63. The molecular weight excluding hydrogens is 536 g/mol. The van der Waals surface area contributed by atoms with Crippen LogP contribution in [-0.2, 0) is 25.6 Å². The van der Waals surface area contributed by atoms with E-state index in [1.165, 1.54) is 11.8 Å². The van der Waals surface area contributed by atoms with Crippen LogP contribution in [0.25, 0.3) is 6.08 Å². The van der Waals surface area contributed by atoms with E-state index in [9.17, 15) is 19.6 Å². The van der Waals surface area contributed by atoms with Gasteiger partial charge in [0, 0.05) is 31.8 Å². The summed E-state index contributed by atoms with van der Waals surface area (Å²) >= 11 is 6.80. The fraction of sp³-hybridized carbons (Fsp3) is 0.607. The number of unbranched alkanes of at least 4 members (excludes halogenated alkanes) is 1. The van der Waals surface area contributed by atoms with Crippen molar-refractivity contribution in [1.82, 2.24) is 9.47 Å². The molecule has 3 aliphatic rings. The Labute approximate surface area is 239 Å². The van der Waals surface area contributed by atoms with Gasteiger partial charge in [-0.15, -0.1) is 0 Å². The van der Waals surface area contributed by atoms with Gasteiger partial charge in [0.2, 0.25) is 0 Å². The Bertz CT molecular complexity index is 1250. The van der Waals surface area contributed by atoms with Crippen molar-refractivity contribution in [3.05, 3.63) is 31.9 Å². The Morgan fingerprint density at radius 1 is 1.26 bits per heavy atom. The van der Waals surface area contributed by atoms with E-state index in [2.05, 4.69) is 17.9 Å². The first kappa shape index (κ1) is 29.3. The van der Waals surface area contributed by atoms with Crippen LogP contribution in [0.4, 0.5) is 5.82 Å². The number of hydrogen-bond donors (Lipinski definition) is 0. The number of thiocarbonyl (C=S) groups is 1. The lowest BCUT2D eigenvalue weighted by Crippen LogP contribution is -2.41. The molecule has 1 unspecified atom stereocenters. The van der Waals surface area contributed by atoms with Crippen molar-refractivity contribution < 1.29 is 19.1 Å². The third-order valence-corrected chi connectivity index (χ3v) is 8.93. The topological polar surface area (TPSA) is 105 Å². The van der Waals surface area contributed by atoms with Crippen molar-refractivity contribution in [2.75, 3.05) is 37.7 Å². The monoisotopic (exact) mass is 572 g/mol. The molecular formula is C28H36N4O5S2. The molecule has 0 radical (unpaired) electrons.